The maximum absolute atomic E-state index is 12.9. The Kier molecular flexibility index (Phi) is 6.20. The molecule has 1 amide bonds. The highest BCUT2D eigenvalue weighted by Crippen LogP contribution is 2.32. The second-order valence-electron chi connectivity index (χ2n) is 8.14. The third kappa shape index (κ3) is 4.62. The van der Waals surface area contributed by atoms with Crippen LogP contribution in [0.3, 0.4) is 0 Å². The summed E-state index contributed by atoms with van der Waals surface area (Å²) in [5, 5.41) is 6.59. The van der Waals surface area contributed by atoms with Gasteiger partial charge in [-0.3, -0.25) is 4.79 Å². The van der Waals surface area contributed by atoms with E-state index in [0.717, 1.165) is 31.2 Å². The zero-order valence-corrected chi connectivity index (χ0v) is 19.2. The predicted octanol–water partition coefficient (Wildman–Crippen LogP) is 2.96. The second-order valence-corrected chi connectivity index (χ2v) is 10.1. The fourth-order valence-electron chi connectivity index (χ4n) is 3.95. The van der Waals surface area contributed by atoms with Crippen LogP contribution in [0.15, 0.2) is 51.9 Å². The van der Waals surface area contributed by atoms with E-state index in [1.807, 2.05) is 6.07 Å². The molecular weight excluding hydrogens is 460 g/mol. The molecule has 0 atom stereocenters. The Morgan fingerprint density at radius 3 is 2.47 bits per heavy atom. The number of sulfonamides is 1. The van der Waals surface area contributed by atoms with Crippen LogP contribution in [0.4, 0.5) is 0 Å². The van der Waals surface area contributed by atoms with Gasteiger partial charge in [-0.2, -0.15) is 9.29 Å². The molecule has 11 heteroatoms. The lowest BCUT2D eigenvalue weighted by atomic mass is 10.2. The number of carbonyl (C=O) groups excluding carboxylic acids is 1. The topological polar surface area (TPSA) is 124 Å². The van der Waals surface area contributed by atoms with Crippen molar-refractivity contribution in [1.29, 1.82) is 0 Å². The van der Waals surface area contributed by atoms with Crippen LogP contribution in [0.1, 0.15) is 41.9 Å². The summed E-state index contributed by atoms with van der Waals surface area (Å²) in [6, 6.07) is 11.7. The lowest BCUT2D eigenvalue weighted by Crippen LogP contribution is -2.31. The number of fused-ring (bicyclic) bond motifs is 1. The third-order valence-electron chi connectivity index (χ3n) is 5.83. The number of amides is 1. The molecule has 34 heavy (non-hydrogen) atoms. The summed E-state index contributed by atoms with van der Waals surface area (Å²) in [7, 11) is -3.54. The smallest absolute Gasteiger partial charge is 0.316 e. The summed E-state index contributed by atoms with van der Waals surface area (Å²) in [5.41, 5.74) is 1.38. The van der Waals surface area contributed by atoms with E-state index >= 15 is 0 Å². The lowest BCUT2D eigenvalue weighted by molar-refractivity contribution is 0.0907. The summed E-state index contributed by atoms with van der Waals surface area (Å²) in [6.45, 7) is 1.51. The van der Waals surface area contributed by atoms with Crippen molar-refractivity contribution in [2.75, 3.05) is 19.9 Å². The summed E-state index contributed by atoms with van der Waals surface area (Å²) in [4.78, 5) is 16.8. The number of nitrogens with one attached hydrogen (secondary N) is 1. The van der Waals surface area contributed by atoms with Crippen LogP contribution in [0.5, 0.6) is 11.5 Å². The van der Waals surface area contributed by atoms with Gasteiger partial charge in [0.25, 0.3) is 0 Å². The summed E-state index contributed by atoms with van der Waals surface area (Å²) >= 11 is 0. The average Bonchev–Trinajstić information content (AvgIpc) is 3.45. The van der Waals surface area contributed by atoms with Gasteiger partial charge in [0.05, 0.1) is 4.90 Å². The largest absolute Gasteiger partial charge is 0.454 e. The maximum atomic E-state index is 12.9. The Labute approximate surface area is 196 Å². The van der Waals surface area contributed by atoms with Crippen molar-refractivity contribution < 1.29 is 27.2 Å². The van der Waals surface area contributed by atoms with Gasteiger partial charge in [-0.25, -0.2) is 8.42 Å². The van der Waals surface area contributed by atoms with Crippen molar-refractivity contribution in [2.45, 2.75) is 37.1 Å². The Morgan fingerprint density at radius 1 is 0.971 bits per heavy atom. The molecule has 1 N–H and O–H groups in total. The van der Waals surface area contributed by atoms with Crippen molar-refractivity contribution in [1.82, 2.24) is 19.8 Å². The molecule has 0 spiro atoms. The Morgan fingerprint density at radius 2 is 1.71 bits per heavy atom. The molecule has 10 nitrogen and oxygen atoms in total. The van der Waals surface area contributed by atoms with E-state index in [-0.39, 0.29) is 29.9 Å². The number of nitrogens with zero attached hydrogens (tertiary/aromatic N) is 3. The molecule has 2 aliphatic heterocycles. The minimum Gasteiger partial charge on any atom is -0.454 e. The molecule has 0 saturated carbocycles. The highest BCUT2D eigenvalue weighted by atomic mass is 32.2. The van der Waals surface area contributed by atoms with Gasteiger partial charge >= 0.3 is 11.8 Å². The summed E-state index contributed by atoms with van der Waals surface area (Å²) in [5.74, 6) is 0.802. The third-order valence-corrected chi connectivity index (χ3v) is 7.74. The van der Waals surface area contributed by atoms with Crippen LogP contribution in [0, 0.1) is 0 Å². The van der Waals surface area contributed by atoms with E-state index in [4.69, 9.17) is 14.0 Å². The van der Waals surface area contributed by atoms with Gasteiger partial charge in [0.1, 0.15) is 0 Å². The fourth-order valence-corrected chi connectivity index (χ4v) is 5.47. The van der Waals surface area contributed by atoms with Crippen LogP contribution in [0.25, 0.3) is 11.4 Å². The van der Waals surface area contributed by atoms with Crippen molar-refractivity contribution in [3.8, 4) is 22.9 Å². The first-order valence-electron chi connectivity index (χ1n) is 11.1. The van der Waals surface area contributed by atoms with Gasteiger partial charge in [-0.05, 0) is 54.8 Å². The quantitative estimate of drug-likeness (QED) is 0.566. The van der Waals surface area contributed by atoms with Gasteiger partial charge in [0, 0.05) is 25.2 Å². The predicted molar refractivity (Wildman–Crippen MR) is 121 cm³/mol. The zero-order valence-electron chi connectivity index (χ0n) is 18.4. The molecule has 0 aliphatic carbocycles. The molecule has 5 rings (SSSR count). The van der Waals surface area contributed by atoms with E-state index in [1.165, 1.54) is 12.1 Å². The van der Waals surface area contributed by atoms with Crippen molar-refractivity contribution in [3.63, 3.8) is 0 Å². The van der Waals surface area contributed by atoms with E-state index in [9.17, 15) is 13.2 Å². The van der Waals surface area contributed by atoms with Gasteiger partial charge in [0.15, 0.2) is 11.5 Å². The summed E-state index contributed by atoms with van der Waals surface area (Å²) < 4.78 is 43.1. The number of benzene rings is 2. The number of hydrogen-bond donors (Lipinski definition) is 1. The zero-order chi connectivity index (χ0) is 23.5. The van der Waals surface area contributed by atoms with Crippen LogP contribution >= 0.6 is 0 Å². The van der Waals surface area contributed by atoms with E-state index in [2.05, 4.69) is 15.5 Å². The number of ether oxygens (including phenoxy) is 2. The van der Waals surface area contributed by atoms with Crippen molar-refractivity contribution in [3.05, 3.63) is 53.9 Å². The molecule has 178 valence electrons. The number of rotatable bonds is 6. The normalized spacial score (nSPS) is 16.2. The molecule has 3 aromatic rings. The standard InChI is InChI=1S/C23H24N4O6S/c28-22(24-14-16-5-10-19-20(13-16)32-15-31-19)23-25-21(26-33-23)17-6-8-18(9-7-17)34(29,30)27-11-3-1-2-4-12-27/h5-10,13H,1-4,11-12,14-15H2,(H,24,28). The van der Waals surface area contributed by atoms with E-state index < -0.39 is 15.9 Å². The maximum Gasteiger partial charge on any atom is 0.316 e. The van der Waals surface area contributed by atoms with Crippen LogP contribution in [0.2, 0.25) is 0 Å². The van der Waals surface area contributed by atoms with Crippen LogP contribution < -0.4 is 14.8 Å². The number of hydrogen-bond acceptors (Lipinski definition) is 8. The number of carbonyl (C=O) groups is 1. The molecule has 1 fully saturated rings. The Hall–Kier alpha value is -3.44. The molecule has 3 heterocycles. The Bertz CT molecular complexity index is 1280. The fraction of sp³-hybridized carbons (Fsp3) is 0.348. The van der Waals surface area contributed by atoms with Gasteiger partial charge in [-0.1, -0.05) is 24.1 Å². The van der Waals surface area contributed by atoms with E-state index in [0.29, 0.717) is 30.2 Å². The van der Waals surface area contributed by atoms with Crippen LogP contribution in [-0.4, -0.2) is 48.7 Å². The molecule has 2 aromatic carbocycles. The summed E-state index contributed by atoms with van der Waals surface area (Å²) in [6.07, 6.45) is 3.85. The Balaban J connectivity index is 1.23. The monoisotopic (exact) mass is 484 g/mol. The minimum absolute atomic E-state index is 0.182. The van der Waals surface area contributed by atoms with Crippen molar-refractivity contribution >= 4 is 15.9 Å². The van der Waals surface area contributed by atoms with Gasteiger partial charge in [0.2, 0.25) is 22.6 Å². The van der Waals surface area contributed by atoms with Crippen molar-refractivity contribution in [2.24, 2.45) is 0 Å². The highest BCUT2D eigenvalue weighted by Gasteiger charge is 2.25. The van der Waals surface area contributed by atoms with Gasteiger partial charge < -0.3 is 19.3 Å². The molecule has 2 aliphatic rings. The molecule has 1 aromatic heterocycles. The molecule has 1 saturated heterocycles. The molecule has 0 radical (unpaired) electrons. The molecule has 0 bridgehead atoms. The first kappa shape index (κ1) is 22.4. The van der Waals surface area contributed by atoms with Gasteiger partial charge in [-0.15, -0.1) is 0 Å². The van der Waals surface area contributed by atoms with E-state index in [1.54, 1.807) is 28.6 Å². The number of aromatic nitrogens is 2. The first-order valence-corrected chi connectivity index (χ1v) is 12.6. The lowest BCUT2D eigenvalue weighted by Gasteiger charge is -2.19. The first-order chi connectivity index (χ1) is 16.5. The minimum atomic E-state index is -3.54. The second kappa shape index (κ2) is 9.43. The SMILES string of the molecule is O=C(NCc1ccc2c(c1)OCO2)c1nc(-c2ccc(S(=O)(=O)N3CCCCCC3)cc2)no1. The average molecular weight is 485 g/mol. The highest BCUT2D eigenvalue weighted by molar-refractivity contribution is 7.89. The molecule has 0 unspecified atom stereocenters. The molecular formula is C23H24N4O6S. The van der Waals surface area contributed by atoms with Crippen LogP contribution in [-0.2, 0) is 16.6 Å².